The van der Waals surface area contributed by atoms with Crippen LogP contribution in [-0.4, -0.2) is 26.8 Å². The minimum Gasteiger partial charge on any atom is -0.476 e. The first-order valence-electron chi connectivity index (χ1n) is 6.72. The fourth-order valence-electron chi connectivity index (χ4n) is 2.08. The zero-order valence-corrected chi connectivity index (χ0v) is 13.1. The number of carboxylic acid groups (broad SMARTS) is 1. The second-order valence-electron chi connectivity index (χ2n) is 4.82. The Labute approximate surface area is 135 Å². The number of nitrogens with zero attached hydrogens (tertiary/aromatic N) is 2. The van der Waals surface area contributed by atoms with Gasteiger partial charge in [-0.15, -0.1) is 11.3 Å². The van der Waals surface area contributed by atoms with Crippen molar-refractivity contribution in [3.63, 3.8) is 0 Å². The van der Waals surface area contributed by atoms with Gasteiger partial charge in [0.25, 0.3) is 0 Å². The molecule has 116 valence electrons. The highest BCUT2D eigenvalue weighted by Crippen LogP contribution is 2.24. The molecule has 1 aromatic carbocycles. The number of thiazole rings is 1. The second-order valence-corrected chi connectivity index (χ2v) is 5.68. The van der Waals surface area contributed by atoms with E-state index >= 15 is 0 Å². The van der Waals surface area contributed by atoms with Crippen LogP contribution in [0, 0.1) is 0 Å². The first-order chi connectivity index (χ1) is 11.1. The first-order valence-corrected chi connectivity index (χ1v) is 7.60. The number of nitrogens with one attached hydrogen (secondary N) is 1. The van der Waals surface area contributed by atoms with Crippen LogP contribution in [0.1, 0.15) is 28.0 Å². The summed E-state index contributed by atoms with van der Waals surface area (Å²) >= 11 is 1.20. The lowest BCUT2D eigenvalue weighted by Gasteiger charge is -2.03. The van der Waals surface area contributed by atoms with Gasteiger partial charge in [-0.2, -0.15) is 0 Å². The van der Waals surface area contributed by atoms with E-state index < -0.39 is 5.97 Å². The quantitative estimate of drug-likeness (QED) is 0.425. The van der Waals surface area contributed by atoms with Crippen molar-refractivity contribution < 1.29 is 14.7 Å². The van der Waals surface area contributed by atoms with Crippen molar-refractivity contribution in [3.8, 4) is 0 Å². The fraction of sp³-hybridized carbons (Fsp3) is 0.0625. The fourth-order valence-corrected chi connectivity index (χ4v) is 2.86. The second kappa shape index (κ2) is 6.05. The first kappa shape index (κ1) is 15.0. The van der Waals surface area contributed by atoms with Crippen LogP contribution in [0.2, 0.25) is 0 Å². The molecule has 2 heterocycles. The van der Waals surface area contributed by atoms with Crippen molar-refractivity contribution in [2.45, 2.75) is 6.92 Å². The molecule has 0 aliphatic heterocycles. The summed E-state index contributed by atoms with van der Waals surface area (Å²) in [5, 5.41) is 16.1. The standard InChI is InChI=1S/C16H13N3O3S/c1-9(2)22-19-14(15-18-13(8-23-15)16(20)21)11-7-17-12-6-4-3-5-10(11)12/h3-8,17H,1H2,2H3,(H,20,21)/b19-14-. The normalized spacial score (nSPS) is 11.6. The molecule has 2 aromatic heterocycles. The Morgan fingerprint density at radius 2 is 2.22 bits per heavy atom. The Morgan fingerprint density at radius 3 is 2.91 bits per heavy atom. The highest BCUT2D eigenvalue weighted by atomic mass is 32.1. The Hall–Kier alpha value is -2.93. The lowest BCUT2D eigenvalue weighted by atomic mass is 10.1. The number of benzene rings is 1. The number of hydrogen-bond acceptors (Lipinski definition) is 5. The average Bonchev–Trinajstić information content (AvgIpc) is 3.15. The predicted octanol–water partition coefficient (Wildman–Crippen LogP) is 3.63. The Bertz CT molecular complexity index is 923. The van der Waals surface area contributed by atoms with Crippen molar-refractivity contribution in [1.29, 1.82) is 0 Å². The zero-order chi connectivity index (χ0) is 16.4. The summed E-state index contributed by atoms with van der Waals surface area (Å²) in [6.07, 6.45) is 1.80. The van der Waals surface area contributed by atoms with Crippen LogP contribution < -0.4 is 0 Å². The molecule has 0 bridgehead atoms. The van der Waals surface area contributed by atoms with E-state index in [0.717, 1.165) is 16.5 Å². The van der Waals surface area contributed by atoms with Gasteiger partial charge in [0.15, 0.2) is 5.69 Å². The van der Waals surface area contributed by atoms with E-state index in [1.165, 1.54) is 16.7 Å². The Morgan fingerprint density at radius 1 is 1.43 bits per heavy atom. The maximum atomic E-state index is 11.1. The van der Waals surface area contributed by atoms with E-state index in [4.69, 9.17) is 9.94 Å². The van der Waals surface area contributed by atoms with Crippen LogP contribution in [0.3, 0.4) is 0 Å². The minimum absolute atomic E-state index is 0.0205. The largest absolute Gasteiger partial charge is 0.476 e. The summed E-state index contributed by atoms with van der Waals surface area (Å²) in [5.41, 5.74) is 2.17. The van der Waals surface area contributed by atoms with Crippen LogP contribution in [0.4, 0.5) is 0 Å². The molecule has 0 fully saturated rings. The molecule has 0 amide bonds. The molecule has 2 N–H and O–H groups in total. The van der Waals surface area contributed by atoms with Crippen molar-refractivity contribution in [2.75, 3.05) is 0 Å². The summed E-state index contributed by atoms with van der Waals surface area (Å²) in [7, 11) is 0. The third kappa shape index (κ3) is 3.00. The van der Waals surface area contributed by atoms with Gasteiger partial charge in [0.2, 0.25) is 0 Å². The van der Waals surface area contributed by atoms with Gasteiger partial charge in [0.1, 0.15) is 16.5 Å². The van der Waals surface area contributed by atoms with Gasteiger partial charge in [-0.3, -0.25) is 0 Å². The summed E-state index contributed by atoms with van der Waals surface area (Å²) < 4.78 is 0. The van der Waals surface area contributed by atoms with Crippen LogP contribution in [0.25, 0.3) is 10.9 Å². The molecule has 7 heteroatoms. The Kier molecular flexibility index (Phi) is 3.94. The third-order valence-electron chi connectivity index (χ3n) is 3.06. The van der Waals surface area contributed by atoms with Gasteiger partial charge in [0, 0.05) is 28.0 Å². The van der Waals surface area contributed by atoms with E-state index in [9.17, 15) is 4.79 Å². The van der Waals surface area contributed by atoms with E-state index in [1.807, 2.05) is 24.3 Å². The van der Waals surface area contributed by atoms with Crippen LogP contribution in [-0.2, 0) is 4.84 Å². The van der Waals surface area contributed by atoms with Crippen molar-refractivity contribution in [1.82, 2.24) is 9.97 Å². The monoisotopic (exact) mass is 327 g/mol. The van der Waals surface area contributed by atoms with Gasteiger partial charge < -0.3 is 14.9 Å². The minimum atomic E-state index is -1.08. The molecular weight excluding hydrogens is 314 g/mol. The van der Waals surface area contributed by atoms with Crippen LogP contribution >= 0.6 is 11.3 Å². The number of oxime groups is 1. The van der Waals surface area contributed by atoms with E-state index in [0.29, 0.717) is 16.5 Å². The number of hydrogen-bond donors (Lipinski definition) is 2. The molecule has 0 saturated heterocycles. The van der Waals surface area contributed by atoms with E-state index in [-0.39, 0.29) is 5.69 Å². The topological polar surface area (TPSA) is 87.6 Å². The number of H-pyrrole nitrogens is 1. The SMILES string of the molecule is C=C(C)O/N=C(\c1nc(C(=O)O)cs1)c1c[nH]c2ccccc12. The number of aromatic nitrogens is 2. The lowest BCUT2D eigenvalue weighted by molar-refractivity contribution is 0.0691. The molecule has 0 aliphatic carbocycles. The molecule has 6 nitrogen and oxygen atoms in total. The average molecular weight is 327 g/mol. The van der Waals surface area contributed by atoms with Gasteiger partial charge in [-0.25, -0.2) is 9.78 Å². The number of aromatic carboxylic acids is 1. The summed E-state index contributed by atoms with van der Waals surface area (Å²) in [4.78, 5) is 23.5. The lowest BCUT2D eigenvalue weighted by Crippen LogP contribution is -2.05. The predicted molar refractivity (Wildman–Crippen MR) is 88.9 cm³/mol. The molecule has 0 radical (unpaired) electrons. The zero-order valence-electron chi connectivity index (χ0n) is 12.2. The molecule has 23 heavy (non-hydrogen) atoms. The third-order valence-corrected chi connectivity index (χ3v) is 3.91. The van der Waals surface area contributed by atoms with E-state index in [2.05, 4.69) is 21.7 Å². The van der Waals surface area contributed by atoms with Gasteiger partial charge in [-0.1, -0.05) is 29.9 Å². The molecule has 0 atom stereocenters. The van der Waals surface area contributed by atoms with Crippen molar-refractivity contribution in [2.24, 2.45) is 5.16 Å². The maximum absolute atomic E-state index is 11.1. The van der Waals surface area contributed by atoms with Gasteiger partial charge >= 0.3 is 5.97 Å². The highest BCUT2D eigenvalue weighted by Gasteiger charge is 2.19. The summed E-state index contributed by atoms with van der Waals surface area (Å²) in [6, 6.07) is 7.74. The molecule has 0 unspecified atom stereocenters. The highest BCUT2D eigenvalue weighted by molar-refractivity contribution is 7.12. The summed E-state index contributed by atoms with van der Waals surface area (Å²) in [6.45, 7) is 5.33. The number of rotatable bonds is 5. The van der Waals surface area contributed by atoms with Crippen molar-refractivity contribution in [3.05, 3.63) is 64.4 Å². The number of carbonyl (C=O) groups is 1. The summed E-state index contributed by atoms with van der Waals surface area (Å²) in [5.74, 6) is -0.649. The molecule has 3 rings (SSSR count). The van der Waals surface area contributed by atoms with Crippen LogP contribution in [0.15, 0.2) is 53.3 Å². The smallest absolute Gasteiger partial charge is 0.355 e. The number of allylic oxidation sites excluding steroid dienone is 1. The van der Waals surface area contributed by atoms with Crippen molar-refractivity contribution >= 4 is 33.9 Å². The molecule has 0 saturated carbocycles. The Balaban J connectivity index is 2.13. The van der Waals surface area contributed by atoms with Gasteiger partial charge in [0.05, 0.1) is 0 Å². The number of fused-ring (bicyclic) bond motifs is 1. The number of aromatic amines is 1. The van der Waals surface area contributed by atoms with Gasteiger partial charge in [-0.05, 0) is 13.0 Å². The number of para-hydroxylation sites is 1. The molecule has 0 spiro atoms. The molecular formula is C16H13N3O3S. The number of carboxylic acids is 1. The van der Waals surface area contributed by atoms with E-state index in [1.54, 1.807) is 13.1 Å². The maximum Gasteiger partial charge on any atom is 0.355 e. The molecule has 3 aromatic rings. The van der Waals surface area contributed by atoms with Crippen LogP contribution in [0.5, 0.6) is 0 Å². The molecule has 0 aliphatic rings.